The van der Waals surface area contributed by atoms with Crippen LogP contribution in [0.3, 0.4) is 0 Å². The van der Waals surface area contributed by atoms with E-state index >= 15 is 0 Å². The number of amides is 1. The van der Waals surface area contributed by atoms with Gasteiger partial charge in [-0.25, -0.2) is 14.1 Å². The summed E-state index contributed by atoms with van der Waals surface area (Å²) in [4.78, 5) is 34.6. The molecule has 3 heterocycles. The van der Waals surface area contributed by atoms with E-state index in [1.165, 1.54) is 12.1 Å². The number of likely N-dealkylation sites (tertiary alicyclic amines) is 1. The Kier molecular flexibility index (Phi) is 5.13. The van der Waals surface area contributed by atoms with Crippen molar-refractivity contribution in [1.82, 2.24) is 29.9 Å². The van der Waals surface area contributed by atoms with E-state index in [0.717, 1.165) is 18.4 Å². The lowest BCUT2D eigenvalue weighted by atomic mass is 9.91. The first-order valence-corrected chi connectivity index (χ1v) is 10.1. The molecule has 1 atom stereocenters. The summed E-state index contributed by atoms with van der Waals surface area (Å²) in [6, 6.07) is 6.08. The Labute approximate surface area is 173 Å². The third kappa shape index (κ3) is 3.96. The number of nitrogens with zero attached hydrogens (tertiary/aromatic N) is 5. The topological polar surface area (TPSA) is 96.8 Å². The van der Waals surface area contributed by atoms with E-state index in [0.29, 0.717) is 31.1 Å². The number of nitrogens with one attached hydrogen (secondary N) is 1. The van der Waals surface area contributed by atoms with E-state index in [9.17, 15) is 14.0 Å². The van der Waals surface area contributed by atoms with Crippen molar-refractivity contribution in [3.8, 4) is 0 Å². The number of piperidine rings is 1. The molecule has 0 saturated carbocycles. The van der Waals surface area contributed by atoms with E-state index in [1.54, 1.807) is 16.8 Å². The van der Waals surface area contributed by atoms with Crippen molar-refractivity contribution in [2.45, 2.75) is 46.1 Å². The zero-order valence-electron chi connectivity index (χ0n) is 17.4. The van der Waals surface area contributed by atoms with Crippen LogP contribution in [0.4, 0.5) is 4.39 Å². The van der Waals surface area contributed by atoms with Crippen LogP contribution < -0.4 is 5.56 Å². The van der Waals surface area contributed by atoms with E-state index in [4.69, 9.17) is 0 Å². The Morgan fingerprint density at radius 2 is 2.00 bits per heavy atom. The maximum Gasteiger partial charge on any atom is 0.281 e. The summed E-state index contributed by atoms with van der Waals surface area (Å²) in [6.45, 7) is 7.28. The van der Waals surface area contributed by atoms with E-state index < -0.39 is 5.41 Å². The summed E-state index contributed by atoms with van der Waals surface area (Å²) in [7, 11) is 0. The number of carbonyl (C=O) groups excluding carboxylic acids is 1. The Bertz CT molecular complexity index is 1130. The van der Waals surface area contributed by atoms with Crippen LogP contribution in [0.5, 0.6) is 0 Å². The fourth-order valence-corrected chi connectivity index (χ4v) is 3.80. The minimum Gasteiger partial charge on any atom is -0.342 e. The molecule has 9 heteroatoms. The number of aromatic amines is 1. The van der Waals surface area contributed by atoms with E-state index in [2.05, 4.69) is 20.3 Å². The standard InChI is InChI=1S/C21H25FN6O2/c1-21(2,3)20(30)27-10-4-5-14(12-27)17-23-18-16(19(29)24-17)25-26-28(18)11-13-6-8-15(22)9-7-13/h6-9,14H,4-5,10-12H2,1-3H3,(H,23,24,29)/t14-/m0/s1. The van der Waals surface area contributed by atoms with Gasteiger partial charge in [0.25, 0.3) is 5.56 Å². The predicted molar refractivity (Wildman–Crippen MR) is 109 cm³/mol. The third-order valence-corrected chi connectivity index (χ3v) is 5.37. The van der Waals surface area contributed by atoms with E-state index in [-0.39, 0.29) is 28.7 Å². The molecule has 1 amide bonds. The molecule has 0 unspecified atom stereocenters. The molecule has 0 spiro atoms. The molecule has 0 aliphatic carbocycles. The lowest BCUT2D eigenvalue weighted by Crippen LogP contribution is -2.45. The fraction of sp³-hybridized carbons (Fsp3) is 0.476. The Morgan fingerprint density at radius 3 is 2.70 bits per heavy atom. The number of benzene rings is 1. The molecule has 8 nitrogen and oxygen atoms in total. The first-order chi connectivity index (χ1) is 14.2. The van der Waals surface area contributed by atoms with E-state index in [1.807, 2.05) is 25.7 Å². The number of fused-ring (bicyclic) bond motifs is 1. The van der Waals surface area contributed by atoms with Gasteiger partial charge in [-0.05, 0) is 30.5 Å². The lowest BCUT2D eigenvalue weighted by Gasteiger charge is -2.36. The second-order valence-electron chi connectivity index (χ2n) is 8.84. The minimum atomic E-state index is -0.454. The number of rotatable bonds is 3. The van der Waals surface area contributed by atoms with Crippen molar-refractivity contribution in [2.24, 2.45) is 5.41 Å². The largest absolute Gasteiger partial charge is 0.342 e. The molecule has 3 aromatic rings. The van der Waals surface area contributed by atoms with Gasteiger partial charge < -0.3 is 9.88 Å². The maximum atomic E-state index is 13.2. The van der Waals surface area contributed by atoms with Gasteiger partial charge in [0.2, 0.25) is 5.91 Å². The van der Waals surface area contributed by atoms with Gasteiger partial charge >= 0.3 is 0 Å². The second kappa shape index (κ2) is 7.62. The highest BCUT2D eigenvalue weighted by Crippen LogP contribution is 2.28. The first-order valence-electron chi connectivity index (χ1n) is 10.1. The van der Waals surface area contributed by atoms with Crippen molar-refractivity contribution in [2.75, 3.05) is 13.1 Å². The summed E-state index contributed by atoms with van der Waals surface area (Å²) < 4.78 is 14.7. The maximum absolute atomic E-state index is 13.2. The molecular formula is C21H25FN6O2. The van der Waals surface area contributed by atoms with Crippen molar-refractivity contribution >= 4 is 17.1 Å². The van der Waals surface area contributed by atoms with Crippen molar-refractivity contribution in [3.63, 3.8) is 0 Å². The molecular weight excluding hydrogens is 387 g/mol. The minimum absolute atomic E-state index is 0.0590. The Morgan fingerprint density at radius 1 is 1.27 bits per heavy atom. The van der Waals surface area contributed by atoms with Crippen molar-refractivity contribution in [1.29, 1.82) is 0 Å². The Balaban J connectivity index is 1.64. The van der Waals surface area contributed by atoms with Crippen LogP contribution in [-0.2, 0) is 11.3 Å². The fourth-order valence-electron chi connectivity index (χ4n) is 3.80. The molecule has 1 aliphatic rings. The van der Waals surface area contributed by atoms with Crippen LogP contribution in [-0.4, -0.2) is 48.9 Å². The third-order valence-electron chi connectivity index (χ3n) is 5.37. The average Bonchev–Trinajstić information content (AvgIpc) is 3.12. The quantitative estimate of drug-likeness (QED) is 0.713. The van der Waals surface area contributed by atoms with Gasteiger partial charge in [-0.15, -0.1) is 5.10 Å². The summed E-state index contributed by atoms with van der Waals surface area (Å²) >= 11 is 0. The molecule has 158 valence electrons. The number of H-pyrrole nitrogens is 1. The van der Waals surface area contributed by atoms with Gasteiger partial charge in [-0.1, -0.05) is 38.1 Å². The number of hydrogen-bond acceptors (Lipinski definition) is 5. The zero-order valence-corrected chi connectivity index (χ0v) is 17.4. The van der Waals surface area contributed by atoms with Gasteiger partial charge in [0.05, 0.1) is 6.54 Å². The van der Waals surface area contributed by atoms with Crippen molar-refractivity contribution < 1.29 is 9.18 Å². The molecule has 1 N–H and O–H groups in total. The SMILES string of the molecule is CC(C)(C)C(=O)N1CCC[C@H](c2nc3c(nnn3Cc3ccc(F)cc3)c(=O)[nH]2)C1. The van der Waals surface area contributed by atoms with Gasteiger partial charge in [-0.2, -0.15) is 0 Å². The van der Waals surface area contributed by atoms with Gasteiger partial charge in [0.15, 0.2) is 11.2 Å². The molecule has 2 aromatic heterocycles. The second-order valence-corrected chi connectivity index (χ2v) is 8.84. The monoisotopic (exact) mass is 412 g/mol. The molecule has 0 bridgehead atoms. The zero-order chi connectivity index (χ0) is 21.5. The summed E-state index contributed by atoms with van der Waals surface area (Å²) in [5.41, 5.74) is 0.576. The lowest BCUT2D eigenvalue weighted by molar-refractivity contribution is -0.140. The van der Waals surface area contributed by atoms with Gasteiger partial charge in [0.1, 0.15) is 11.6 Å². The normalized spacial score (nSPS) is 17.5. The first kappa shape index (κ1) is 20.2. The highest BCUT2D eigenvalue weighted by atomic mass is 19.1. The summed E-state index contributed by atoms with van der Waals surface area (Å²) in [5, 5.41) is 8.02. The molecule has 1 saturated heterocycles. The van der Waals surface area contributed by atoms with Crippen LogP contribution in [0.1, 0.15) is 50.9 Å². The van der Waals surface area contributed by atoms with Gasteiger partial charge in [-0.3, -0.25) is 9.59 Å². The number of halogens is 1. The summed E-state index contributed by atoms with van der Waals surface area (Å²) in [5.74, 6) is 0.266. The van der Waals surface area contributed by atoms with Crippen LogP contribution in [0.25, 0.3) is 11.2 Å². The molecule has 0 radical (unpaired) electrons. The molecule has 1 aromatic carbocycles. The van der Waals surface area contributed by atoms with Crippen LogP contribution in [0.2, 0.25) is 0 Å². The number of carbonyl (C=O) groups is 1. The smallest absolute Gasteiger partial charge is 0.281 e. The molecule has 4 rings (SSSR count). The van der Waals surface area contributed by atoms with Crippen LogP contribution in [0.15, 0.2) is 29.1 Å². The number of aromatic nitrogens is 5. The Hall–Kier alpha value is -3.10. The molecule has 1 aliphatic heterocycles. The number of hydrogen-bond donors (Lipinski definition) is 1. The van der Waals surface area contributed by atoms with Crippen LogP contribution >= 0.6 is 0 Å². The summed E-state index contributed by atoms with van der Waals surface area (Å²) in [6.07, 6.45) is 1.68. The highest BCUT2D eigenvalue weighted by molar-refractivity contribution is 5.81. The molecule has 1 fully saturated rings. The highest BCUT2D eigenvalue weighted by Gasteiger charge is 2.32. The molecule has 30 heavy (non-hydrogen) atoms. The average molecular weight is 412 g/mol. The van der Waals surface area contributed by atoms with Gasteiger partial charge in [0, 0.05) is 24.4 Å². The van der Waals surface area contributed by atoms with Crippen molar-refractivity contribution in [3.05, 3.63) is 51.8 Å². The predicted octanol–water partition coefficient (Wildman–Crippen LogP) is 2.45. The van der Waals surface area contributed by atoms with Crippen LogP contribution in [0, 0.1) is 11.2 Å².